The number of carbonyl (C=O) groups excluding carboxylic acids is 1. The molecule has 0 saturated carbocycles. The molecule has 1 aromatic carbocycles. The summed E-state index contributed by atoms with van der Waals surface area (Å²) < 4.78 is 5.36. The first kappa shape index (κ1) is 19.2. The van der Waals surface area contributed by atoms with Crippen LogP contribution in [0.4, 0.5) is 5.82 Å². The Morgan fingerprint density at radius 3 is 2.81 bits per heavy atom. The van der Waals surface area contributed by atoms with Gasteiger partial charge in [0.05, 0.1) is 18.8 Å². The smallest absolute Gasteiger partial charge is 0.258 e. The van der Waals surface area contributed by atoms with Gasteiger partial charge in [-0.25, -0.2) is 4.98 Å². The summed E-state index contributed by atoms with van der Waals surface area (Å²) in [5.41, 5.74) is 1.69. The Hall–Kier alpha value is -1.60. The summed E-state index contributed by atoms with van der Waals surface area (Å²) in [5, 5.41) is 3.41. The number of benzene rings is 1. The number of nitrogens with one attached hydrogen (secondary N) is 1. The summed E-state index contributed by atoms with van der Waals surface area (Å²) in [6.45, 7) is 6.32. The molecular weight excluding hydrogens is 370 g/mol. The molecule has 0 unspecified atom stereocenters. The molecule has 1 saturated heterocycles. The van der Waals surface area contributed by atoms with E-state index in [0.29, 0.717) is 16.4 Å². The highest BCUT2D eigenvalue weighted by Crippen LogP contribution is 2.26. The zero-order valence-electron chi connectivity index (χ0n) is 14.7. The van der Waals surface area contributed by atoms with E-state index in [9.17, 15) is 4.79 Å². The number of thioether (sulfide) groups is 1. The summed E-state index contributed by atoms with van der Waals surface area (Å²) in [6.07, 6.45) is 1.81. The van der Waals surface area contributed by atoms with Gasteiger partial charge in [0, 0.05) is 35.7 Å². The third kappa shape index (κ3) is 5.20. The molecule has 0 radical (unpaired) electrons. The van der Waals surface area contributed by atoms with Crippen molar-refractivity contribution in [2.75, 3.05) is 37.4 Å². The minimum absolute atomic E-state index is 0.197. The van der Waals surface area contributed by atoms with Gasteiger partial charge in [0.2, 0.25) is 0 Å². The van der Waals surface area contributed by atoms with Gasteiger partial charge in [-0.2, -0.15) is 0 Å². The van der Waals surface area contributed by atoms with E-state index in [1.165, 1.54) is 0 Å². The minimum Gasteiger partial charge on any atom is -0.379 e. The molecule has 26 heavy (non-hydrogen) atoms. The second-order valence-corrected chi connectivity index (χ2v) is 7.71. The predicted molar refractivity (Wildman–Crippen MR) is 106 cm³/mol. The number of hydrogen-bond acceptors (Lipinski definition) is 5. The number of morpholine rings is 1. The monoisotopic (exact) mass is 391 g/mol. The molecule has 1 aliphatic rings. The predicted octanol–water partition coefficient (Wildman–Crippen LogP) is 3.93. The van der Waals surface area contributed by atoms with E-state index in [0.717, 1.165) is 49.1 Å². The number of halogens is 1. The third-order valence-corrected chi connectivity index (χ3v) is 5.25. The Kier molecular flexibility index (Phi) is 6.91. The average Bonchev–Trinajstić information content (AvgIpc) is 2.66. The molecule has 7 heteroatoms. The molecule has 0 spiro atoms. The number of anilines is 1. The van der Waals surface area contributed by atoms with E-state index in [-0.39, 0.29) is 5.91 Å². The lowest BCUT2D eigenvalue weighted by Gasteiger charge is -2.26. The fourth-order valence-electron chi connectivity index (χ4n) is 2.75. The van der Waals surface area contributed by atoms with Gasteiger partial charge >= 0.3 is 0 Å². The maximum absolute atomic E-state index is 12.6. The largest absolute Gasteiger partial charge is 0.379 e. The third-order valence-electron chi connectivity index (χ3n) is 4.06. The molecule has 1 amide bonds. The van der Waals surface area contributed by atoms with Crippen molar-refractivity contribution in [2.24, 2.45) is 0 Å². The molecule has 1 aromatic heterocycles. The summed E-state index contributed by atoms with van der Waals surface area (Å²) in [4.78, 5) is 20.2. The number of aromatic nitrogens is 1. The van der Waals surface area contributed by atoms with Gasteiger partial charge in [0.1, 0.15) is 5.82 Å². The molecule has 1 N–H and O–H groups in total. The SMILES string of the molecule is CCSc1ccc(Cl)cc1C(=O)Nc1ccc(CN2CCOCC2)cn1. The maximum atomic E-state index is 12.6. The van der Waals surface area contributed by atoms with Crippen molar-refractivity contribution in [3.8, 4) is 0 Å². The van der Waals surface area contributed by atoms with Gasteiger partial charge in [-0.1, -0.05) is 24.6 Å². The normalized spacial score (nSPS) is 15.0. The topological polar surface area (TPSA) is 54.5 Å². The van der Waals surface area contributed by atoms with Gasteiger partial charge in [-0.15, -0.1) is 11.8 Å². The van der Waals surface area contributed by atoms with Gasteiger partial charge < -0.3 is 10.1 Å². The molecule has 3 rings (SSSR count). The molecule has 138 valence electrons. The Labute approximate surface area is 163 Å². The van der Waals surface area contributed by atoms with Crippen LogP contribution in [0.3, 0.4) is 0 Å². The second-order valence-electron chi connectivity index (χ2n) is 5.97. The number of rotatable bonds is 6. The van der Waals surface area contributed by atoms with Crippen molar-refractivity contribution in [3.63, 3.8) is 0 Å². The summed E-state index contributed by atoms with van der Waals surface area (Å²) in [6, 6.07) is 9.21. The van der Waals surface area contributed by atoms with Crippen molar-refractivity contribution >= 4 is 35.1 Å². The molecule has 1 fully saturated rings. The Morgan fingerprint density at radius 1 is 1.31 bits per heavy atom. The van der Waals surface area contributed by atoms with Crippen LogP contribution in [0, 0.1) is 0 Å². The molecular formula is C19H22ClN3O2S. The molecule has 2 aromatic rings. The standard InChI is InChI=1S/C19H22ClN3O2S/c1-2-26-17-5-4-15(20)11-16(17)19(24)22-18-6-3-14(12-21-18)13-23-7-9-25-10-8-23/h3-6,11-12H,2,7-10,13H2,1H3,(H,21,22,24). The molecule has 0 atom stereocenters. The van der Waals surface area contributed by atoms with Crippen molar-refractivity contribution in [1.82, 2.24) is 9.88 Å². The lowest BCUT2D eigenvalue weighted by Crippen LogP contribution is -2.35. The molecule has 0 bridgehead atoms. The van der Waals surface area contributed by atoms with Crippen LogP contribution in [-0.4, -0.2) is 47.8 Å². The van der Waals surface area contributed by atoms with Gasteiger partial charge in [-0.05, 0) is 35.6 Å². The lowest BCUT2D eigenvalue weighted by atomic mass is 10.2. The number of carbonyl (C=O) groups is 1. The van der Waals surface area contributed by atoms with E-state index in [4.69, 9.17) is 16.3 Å². The van der Waals surface area contributed by atoms with Crippen molar-refractivity contribution in [1.29, 1.82) is 0 Å². The first-order valence-electron chi connectivity index (χ1n) is 8.64. The average molecular weight is 392 g/mol. The van der Waals surface area contributed by atoms with E-state index >= 15 is 0 Å². The lowest BCUT2D eigenvalue weighted by molar-refractivity contribution is 0.0341. The quantitative estimate of drug-likeness (QED) is 0.756. The van der Waals surface area contributed by atoms with Gasteiger partial charge in [0.15, 0.2) is 0 Å². The summed E-state index contributed by atoms with van der Waals surface area (Å²) in [5.74, 6) is 1.22. The number of pyridine rings is 1. The molecule has 0 aliphatic carbocycles. The van der Waals surface area contributed by atoms with Crippen molar-refractivity contribution < 1.29 is 9.53 Å². The minimum atomic E-state index is -0.197. The summed E-state index contributed by atoms with van der Waals surface area (Å²) >= 11 is 7.67. The number of amides is 1. The van der Waals surface area contributed by atoms with E-state index in [2.05, 4.69) is 22.1 Å². The van der Waals surface area contributed by atoms with Crippen LogP contribution in [0.5, 0.6) is 0 Å². The Morgan fingerprint density at radius 2 is 2.12 bits per heavy atom. The number of nitrogens with zero attached hydrogens (tertiary/aromatic N) is 2. The zero-order chi connectivity index (χ0) is 18.4. The van der Waals surface area contributed by atoms with E-state index < -0.39 is 0 Å². The van der Waals surface area contributed by atoms with Crippen molar-refractivity contribution in [2.45, 2.75) is 18.4 Å². The first-order chi connectivity index (χ1) is 12.7. The van der Waals surface area contributed by atoms with Crippen LogP contribution in [0.15, 0.2) is 41.4 Å². The van der Waals surface area contributed by atoms with Crippen LogP contribution >= 0.6 is 23.4 Å². The molecule has 1 aliphatic heterocycles. The Balaban J connectivity index is 1.65. The molecule has 5 nitrogen and oxygen atoms in total. The maximum Gasteiger partial charge on any atom is 0.258 e. The van der Waals surface area contributed by atoms with Gasteiger partial charge in [-0.3, -0.25) is 9.69 Å². The second kappa shape index (κ2) is 9.37. The van der Waals surface area contributed by atoms with E-state index in [1.54, 1.807) is 23.9 Å². The van der Waals surface area contributed by atoms with Crippen LogP contribution in [0.25, 0.3) is 0 Å². The van der Waals surface area contributed by atoms with Crippen LogP contribution < -0.4 is 5.32 Å². The highest BCUT2D eigenvalue weighted by atomic mass is 35.5. The van der Waals surface area contributed by atoms with E-state index in [1.807, 2.05) is 24.4 Å². The zero-order valence-corrected chi connectivity index (χ0v) is 16.3. The van der Waals surface area contributed by atoms with Crippen LogP contribution in [-0.2, 0) is 11.3 Å². The van der Waals surface area contributed by atoms with Crippen LogP contribution in [0.2, 0.25) is 5.02 Å². The number of hydrogen-bond donors (Lipinski definition) is 1. The van der Waals surface area contributed by atoms with Crippen molar-refractivity contribution in [3.05, 3.63) is 52.7 Å². The fourth-order valence-corrected chi connectivity index (χ4v) is 3.71. The highest BCUT2D eigenvalue weighted by molar-refractivity contribution is 7.99. The van der Waals surface area contributed by atoms with Crippen LogP contribution in [0.1, 0.15) is 22.8 Å². The Bertz CT molecular complexity index is 749. The van der Waals surface area contributed by atoms with Gasteiger partial charge in [0.25, 0.3) is 5.91 Å². The summed E-state index contributed by atoms with van der Waals surface area (Å²) in [7, 11) is 0. The fraction of sp³-hybridized carbons (Fsp3) is 0.368. The highest BCUT2D eigenvalue weighted by Gasteiger charge is 2.14. The first-order valence-corrected chi connectivity index (χ1v) is 10.0. The molecule has 2 heterocycles. The number of ether oxygens (including phenoxy) is 1.